The van der Waals surface area contributed by atoms with Gasteiger partial charge < -0.3 is 55.1 Å². The van der Waals surface area contributed by atoms with Crippen LogP contribution in [0, 0.1) is 0 Å². The normalized spacial score (nSPS) is 34.6. The zero-order valence-electron chi connectivity index (χ0n) is 12.0. The maximum Gasteiger partial charge on any atom is 0.186 e. The van der Waals surface area contributed by atoms with E-state index in [0.717, 1.165) is 0 Å². The van der Waals surface area contributed by atoms with Gasteiger partial charge in [0.2, 0.25) is 0 Å². The fourth-order valence-corrected chi connectivity index (χ4v) is 2.03. The minimum atomic E-state index is -1.95. The van der Waals surface area contributed by atoms with Crippen molar-refractivity contribution in [1.29, 1.82) is 0 Å². The summed E-state index contributed by atoms with van der Waals surface area (Å²) in [4.78, 5) is 10.3. The molecule has 0 radical (unpaired) electrons. The van der Waals surface area contributed by atoms with E-state index in [1.54, 1.807) is 0 Å². The third-order valence-electron chi connectivity index (χ3n) is 3.49. The number of aliphatic hydroxyl groups is 8. The standard InChI is InChI=1S/C12H22O11/c13-1-4(15)7(18)8(19)6(17)3-22-12-10(21)9(20)11(23-12)5(16)2-14/h1,4-12,14-21H,2-3H2/t4-,5+,6+,7+,8-,9+,10+,11-,12+/m0/s1. The average molecular weight is 342 g/mol. The molecular formula is C12H22O11. The zero-order valence-corrected chi connectivity index (χ0v) is 12.0. The minimum Gasteiger partial charge on any atom is -0.394 e. The summed E-state index contributed by atoms with van der Waals surface area (Å²) >= 11 is 0. The molecule has 11 heteroatoms. The van der Waals surface area contributed by atoms with Crippen LogP contribution in [-0.4, -0.2) is 115 Å². The van der Waals surface area contributed by atoms with Gasteiger partial charge in [0, 0.05) is 0 Å². The summed E-state index contributed by atoms with van der Waals surface area (Å²) in [6.07, 6.45) is -14.9. The molecule has 1 rings (SSSR count). The molecule has 1 aliphatic heterocycles. The molecule has 23 heavy (non-hydrogen) atoms. The number of carbonyl (C=O) groups is 1. The van der Waals surface area contributed by atoms with Crippen LogP contribution in [0.25, 0.3) is 0 Å². The first kappa shape index (κ1) is 20.3. The highest BCUT2D eigenvalue weighted by molar-refractivity contribution is 5.56. The van der Waals surface area contributed by atoms with Crippen molar-refractivity contribution >= 4 is 6.29 Å². The van der Waals surface area contributed by atoms with Crippen LogP contribution in [-0.2, 0) is 14.3 Å². The molecular weight excluding hydrogens is 320 g/mol. The van der Waals surface area contributed by atoms with E-state index in [4.69, 9.17) is 19.7 Å². The molecule has 9 atom stereocenters. The van der Waals surface area contributed by atoms with Crippen molar-refractivity contribution in [3.63, 3.8) is 0 Å². The van der Waals surface area contributed by atoms with Gasteiger partial charge in [-0.1, -0.05) is 0 Å². The number of ether oxygens (including phenoxy) is 2. The smallest absolute Gasteiger partial charge is 0.186 e. The van der Waals surface area contributed by atoms with Gasteiger partial charge in [-0.3, -0.25) is 0 Å². The minimum absolute atomic E-state index is 0.0253. The molecule has 136 valence electrons. The van der Waals surface area contributed by atoms with Crippen LogP contribution in [0.4, 0.5) is 0 Å². The van der Waals surface area contributed by atoms with E-state index in [0.29, 0.717) is 0 Å². The first-order valence-corrected chi connectivity index (χ1v) is 6.84. The van der Waals surface area contributed by atoms with Crippen LogP contribution in [0.2, 0.25) is 0 Å². The summed E-state index contributed by atoms with van der Waals surface area (Å²) in [5.41, 5.74) is 0. The second-order valence-electron chi connectivity index (χ2n) is 5.21. The van der Waals surface area contributed by atoms with E-state index in [2.05, 4.69) is 0 Å². The van der Waals surface area contributed by atoms with Crippen LogP contribution in [0.3, 0.4) is 0 Å². The SMILES string of the molecule is O=C[C@H](O)[C@@H](O)[C@@H](O)[C@H](O)CO[C@@H]1O[C@@H]([C@H](O)CO)[C@H](O)[C@H]1O. The van der Waals surface area contributed by atoms with Crippen LogP contribution in [0.15, 0.2) is 0 Å². The Balaban J connectivity index is 2.52. The number of aliphatic hydroxyl groups excluding tert-OH is 8. The first-order valence-electron chi connectivity index (χ1n) is 6.84. The largest absolute Gasteiger partial charge is 0.394 e. The molecule has 0 bridgehead atoms. The molecule has 0 spiro atoms. The lowest BCUT2D eigenvalue weighted by Crippen LogP contribution is -2.47. The molecule has 11 nitrogen and oxygen atoms in total. The maximum atomic E-state index is 10.3. The number of hydrogen-bond acceptors (Lipinski definition) is 11. The molecule has 1 heterocycles. The molecule has 0 saturated carbocycles. The van der Waals surface area contributed by atoms with Gasteiger partial charge in [-0.05, 0) is 0 Å². The predicted octanol–water partition coefficient (Wildman–Crippen LogP) is -5.55. The summed E-state index contributed by atoms with van der Waals surface area (Å²) in [6.45, 7) is -1.40. The Hall–Kier alpha value is -0.730. The van der Waals surface area contributed by atoms with E-state index in [1.807, 2.05) is 0 Å². The number of carbonyl (C=O) groups excluding carboxylic acids is 1. The highest BCUT2D eigenvalue weighted by Crippen LogP contribution is 2.25. The molecule has 0 aliphatic carbocycles. The van der Waals surface area contributed by atoms with Gasteiger partial charge in [0.1, 0.15) is 48.8 Å². The van der Waals surface area contributed by atoms with Crippen LogP contribution >= 0.6 is 0 Å². The van der Waals surface area contributed by atoms with E-state index in [1.165, 1.54) is 0 Å². The fourth-order valence-electron chi connectivity index (χ4n) is 2.03. The van der Waals surface area contributed by atoms with Gasteiger partial charge in [0.15, 0.2) is 12.6 Å². The summed E-state index contributed by atoms with van der Waals surface area (Å²) < 4.78 is 9.95. The number of hydrogen-bond donors (Lipinski definition) is 8. The summed E-state index contributed by atoms with van der Waals surface area (Å²) in [7, 11) is 0. The molecule has 1 aliphatic rings. The monoisotopic (exact) mass is 342 g/mol. The first-order chi connectivity index (χ1) is 10.7. The molecule has 0 amide bonds. The van der Waals surface area contributed by atoms with Crippen LogP contribution in [0.5, 0.6) is 0 Å². The van der Waals surface area contributed by atoms with Crippen LogP contribution < -0.4 is 0 Å². The average Bonchev–Trinajstić information content (AvgIpc) is 2.84. The van der Waals surface area contributed by atoms with Gasteiger partial charge >= 0.3 is 0 Å². The topological polar surface area (TPSA) is 197 Å². The van der Waals surface area contributed by atoms with Crippen molar-refractivity contribution in [3.05, 3.63) is 0 Å². The fraction of sp³-hybridized carbons (Fsp3) is 0.917. The van der Waals surface area contributed by atoms with Crippen molar-refractivity contribution in [2.45, 2.75) is 55.1 Å². The second kappa shape index (κ2) is 8.94. The van der Waals surface area contributed by atoms with E-state index in [9.17, 15) is 35.4 Å². The van der Waals surface area contributed by atoms with Gasteiger partial charge in [-0.25, -0.2) is 0 Å². The Morgan fingerprint density at radius 1 is 1.04 bits per heavy atom. The number of aldehydes is 1. The summed E-state index contributed by atoms with van der Waals surface area (Å²) in [6, 6.07) is 0. The highest BCUT2D eigenvalue weighted by atomic mass is 16.7. The van der Waals surface area contributed by atoms with Gasteiger partial charge in [0.05, 0.1) is 13.2 Å². The highest BCUT2D eigenvalue weighted by Gasteiger charge is 2.46. The molecule has 1 saturated heterocycles. The molecule has 8 N–H and O–H groups in total. The van der Waals surface area contributed by atoms with Gasteiger partial charge in [0.25, 0.3) is 0 Å². The maximum absolute atomic E-state index is 10.3. The summed E-state index contributed by atoms with van der Waals surface area (Å²) in [5.74, 6) is 0. The van der Waals surface area contributed by atoms with Crippen LogP contribution in [0.1, 0.15) is 0 Å². The number of rotatable bonds is 9. The van der Waals surface area contributed by atoms with Gasteiger partial charge in [-0.15, -0.1) is 0 Å². The van der Waals surface area contributed by atoms with Crippen molar-refractivity contribution < 1.29 is 55.1 Å². The lowest BCUT2D eigenvalue weighted by atomic mass is 10.0. The van der Waals surface area contributed by atoms with Crippen molar-refractivity contribution in [1.82, 2.24) is 0 Å². The van der Waals surface area contributed by atoms with Crippen molar-refractivity contribution in [2.75, 3.05) is 13.2 Å². The van der Waals surface area contributed by atoms with E-state index in [-0.39, 0.29) is 6.29 Å². The zero-order chi connectivity index (χ0) is 17.7. The Kier molecular flexibility index (Phi) is 7.89. The third-order valence-corrected chi connectivity index (χ3v) is 3.49. The Labute approximate surface area is 130 Å². The Morgan fingerprint density at radius 2 is 1.65 bits per heavy atom. The van der Waals surface area contributed by atoms with E-state index >= 15 is 0 Å². The van der Waals surface area contributed by atoms with Gasteiger partial charge in [-0.2, -0.15) is 0 Å². The lowest BCUT2D eigenvalue weighted by molar-refractivity contribution is -0.203. The van der Waals surface area contributed by atoms with Crippen molar-refractivity contribution in [3.8, 4) is 0 Å². The van der Waals surface area contributed by atoms with Crippen molar-refractivity contribution in [2.24, 2.45) is 0 Å². The second-order valence-corrected chi connectivity index (χ2v) is 5.21. The predicted molar refractivity (Wildman–Crippen MR) is 69.8 cm³/mol. The lowest BCUT2D eigenvalue weighted by Gasteiger charge is -2.25. The molecule has 0 unspecified atom stereocenters. The molecule has 0 aromatic heterocycles. The quantitative estimate of drug-likeness (QED) is 0.186. The molecule has 0 aromatic carbocycles. The third kappa shape index (κ3) is 4.87. The Bertz CT molecular complexity index is 367. The Morgan fingerprint density at radius 3 is 2.17 bits per heavy atom. The summed E-state index contributed by atoms with van der Waals surface area (Å²) in [5, 5.41) is 75.1. The van der Waals surface area contributed by atoms with E-state index < -0.39 is 68.3 Å². The molecule has 0 aromatic rings. The molecule has 1 fully saturated rings.